The summed E-state index contributed by atoms with van der Waals surface area (Å²) in [5, 5.41) is 10.3. The van der Waals surface area contributed by atoms with E-state index in [1.54, 1.807) is 11.8 Å². The fourth-order valence-electron chi connectivity index (χ4n) is 2.86. The van der Waals surface area contributed by atoms with Gasteiger partial charge in [-0.3, -0.25) is 4.90 Å². The van der Waals surface area contributed by atoms with Gasteiger partial charge < -0.3 is 14.6 Å². The second-order valence-electron chi connectivity index (χ2n) is 6.09. The van der Waals surface area contributed by atoms with Gasteiger partial charge in [0.05, 0.1) is 6.61 Å². The number of hydrogen-bond acceptors (Lipinski definition) is 5. The Kier molecular flexibility index (Phi) is 10.6. The Morgan fingerprint density at radius 2 is 1.96 bits per heavy atom. The van der Waals surface area contributed by atoms with Gasteiger partial charge in [-0.15, -0.1) is 12.4 Å². The number of aliphatic hydroxyl groups excluding tert-OH is 1. The van der Waals surface area contributed by atoms with Crippen LogP contribution in [0.1, 0.15) is 26.2 Å². The standard InChI is InChI=1S/C18H29NO3S.ClH/c1-15-7-5-6-10-19(15)13-16(20)14-22-18-9-4-3-8-17(18)21-11-12-23-2;/h3-4,8-9,15-16,20H,5-7,10-14H2,1-2H3;1H. The predicted molar refractivity (Wildman–Crippen MR) is 104 cm³/mol. The van der Waals surface area contributed by atoms with Crippen LogP contribution in [-0.4, -0.2) is 60.5 Å². The number of benzene rings is 1. The van der Waals surface area contributed by atoms with Gasteiger partial charge in [0.15, 0.2) is 11.5 Å². The maximum absolute atomic E-state index is 10.3. The van der Waals surface area contributed by atoms with E-state index in [2.05, 4.69) is 18.1 Å². The molecule has 2 rings (SSSR count). The highest BCUT2D eigenvalue weighted by Gasteiger charge is 2.21. The minimum atomic E-state index is -0.477. The molecule has 0 aliphatic carbocycles. The van der Waals surface area contributed by atoms with Crippen molar-refractivity contribution in [1.82, 2.24) is 4.90 Å². The summed E-state index contributed by atoms with van der Waals surface area (Å²) in [6.45, 7) is 4.95. The monoisotopic (exact) mass is 375 g/mol. The molecule has 0 aromatic heterocycles. The predicted octanol–water partition coefficient (Wildman–Crippen LogP) is 3.46. The molecule has 0 bridgehead atoms. The van der Waals surface area contributed by atoms with Crippen molar-refractivity contribution < 1.29 is 14.6 Å². The highest BCUT2D eigenvalue weighted by atomic mass is 35.5. The first kappa shape index (κ1) is 21.4. The average Bonchev–Trinajstić information content (AvgIpc) is 2.56. The fraction of sp³-hybridized carbons (Fsp3) is 0.667. The third-order valence-corrected chi connectivity index (χ3v) is 4.79. The van der Waals surface area contributed by atoms with Gasteiger partial charge in [-0.05, 0) is 44.7 Å². The minimum absolute atomic E-state index is 0. The van der Waals surface area contributed by atoms with Crippen LogP contribution in [0.3, 0.4) is 0 Å². The first-order chi connectivity index (χ1) is 11.2. The number of nitrogens with zero attached hydrogens (tertiary/aromatic N) is 1. The Bertz CT molecular complexity index is 464. The number of ether oxygens (including phenoxy) is 2. The Hall–Kier alpha value is -0.620. The maximum atomic E-state index is 10.3. The Morgan fingerprint density at radius 3 is 2.62 bits per heavy atom. The molecule has 0 radical (unpaired) electrons. The van der Waals surface area contributed by atoms with Gasteiger partial charge in [0.2, 0.25) is 0 Å². The molecule has 1 aliphatic heterocycles. The highest BCUT2D eigenvalue weighted by molar-refractivity contribution is 7.98. The van der Waals surface area contributed by atoms with Crippen molar-refractivity contribution in [1.29, 1.82) is 0 Å². The summed E-state index contributed by atoms with van der Waals surface area (Å²) >= 11 is 1.75. The first-order valence-electron chi connectivity index (χ1n) is 8.46. The van der Waals surface area contributed by atoms with Gasteiger partial charge in [0.1, 0.15) is 12.7 Å². The third-order valence-electron chi connectivity index (χ3n) is 4.21. The number of hydrogen-bond donors (Lipinski definition) is 1. The lowest BCUT2D eigenvalue weighted by Crippen LogP contribution is -2.43. The number of halogens is 1. The van der Waals surface area contributed by atoms with E-state index < -0.39 is 6.10 Å². The molecule has 1 heterocycles. The lowest BCUT2D eigenvalue weighted by atomic mass is 10.0. The molecule has 1 aromatic rings. The van der Waals surface area contributed by atoms with Gasteiger partial charge in [0.25, 0.3) is 0 Å². The van der Waals surface area contributed by atoms with Gasteiger partial charge in [-0.25, -0.2) is 0 Å². The molecule has 24 heavy (non-hydrogen) atoms. The van der Waals surface area contributed by atoms with Crippen LogP contribution in [0, 0.1) is 0 Å². The van der Waals surface area contributed by atoms with E-state index >= 15 is 0 Å². The van der Waals surface area contributed by atoms with E-state index in [0.717, 1.165) is 18.0 Å². The molecule has 1 fully saturated rings. The number of rotatable bonds is 9. The lowest BCUT2D eigenvalue weighted by molar-refractivity contribution is 0.0430. The molecule has 0 saturated carbocycles. The number of β-amino-alcohol motifs (C(OH)–C–C–N with tert-alkyl or cyclic N) is 1. The van der Waals surface area contributed by atoms with Crippen molar-refractivity contribution in [2.75, 3.05) is 38.3 Å². The van der Waals surface area contributed by atoms with Gasteiger partial charge in [0, 0.05) is 18.3 Å². The molecule has 6 heteroatoms. The van der Waals surface area contributed by atoms with Crippen molar-refractivity contribution in [3.05, 3.63) is 24.3 Å². The van der Waals surface area contributed by atoms with Gasteiger partial charge in [-0.1, -0.05) is 18.6 Å². The molecule has 1 aromatic carbocycles. The molecule has 1 aliphatic rings. The molecule has 2 unspecified atom stereocenters. The van der Waals surface area contributed by atoms with Crippen molar-refractivity contribution in [2.24, 2.45) is 0 Å². The summed E-state index contributed by atoms with van der Waals surface area (Å²) in [5.41, 5.74) is 0. The molecule has 2 atom stereocenters. The van der Waals surface area contributed by atoms with E-state index in [-0.39, 0.29) is 12.4 Å². The number of likely N-dealkylation sites (tertiary alicyclic amines) is 1. The van der Waals surface area contributed by atoms with Gasteiger partial charge >= 0.3 is 0 Å². The zero-order chi connectivity index (χ0) is 16.5. The Morgan fingerprint density at radius 1 is 1.25 bits per heavy atom. The minimum Gasteiger partial charge on any atom is -0.489 e. The smallest absolute Gasteiger partial charge is 0.161 e. The largest absolute Gasteiger partial charge is 0.489 e. The van der Waals surface area contributed by atoms with Crippen LogP contribution in [0.25, 0.3) is 0 Å². The van der Waals surface area contributed by atoms with Crippen LogP contribution >= 0.6 is 24.2 Å². The van der Waals surface area contributed by atoms with Crippen molar-refractivity contribution >= 4 is 24.2 Å². The van der Waals surface area contributed by atoms with E-state index in [4.69, 9.17) is 9.47 Å². The second kappa shape index (κ2) is 11.9. The molecule has 0 amide bonds. The van der Waals surface area contributed by atoms with Crippen molar-refractivity contribution in [3.8, 4) is 11.5 Å². The Balaban J connectivity index is 0.00000288. The molecule has 138 valence electrons. The Labute approximate surface area is 156 Å². The molecular weight excluding hydrogens is 346 g/mol. The third kappa shape index (κ3) is 7.09. The van der Waals surface area contributed by atoms with Crippen LogP contribution in [0.5, 0.6) is 11.5 Å². The quantitative estimate of drug-likeness (QED) is 0.669. The second-order valence-corrected chi connectivity index (χ2v) is 7.08. The number of para-hydroxylation sites is 2. The van der Waals surface area contributed by atoms with Crippen LogP contribution in [0.15, 0.2) is 24.3 Å². The van der Waals surface area contributed by atoms with E-state index in [1.807, 2.05) is 24.3 Å². The molecular formula is C18H30ClNO3S. The SMILES string of the molecule is CSCCOc1ccccc1OCC(O)CN1CCCCC1C.Cl. The highest BCUT2D eigenvalue weighted by Crippen LogP contribution is 2.26. The zero-order valence-electron chi connectivity index (χ0n) is 14.6. The van der Waals surface area contributed by atoms with Gasteiger partial charge in [-0.2, -0.15) is 11.8 Å². The van der Waals surface area contributed by atoms with E-state index in [0.29, 0.717) is 31.5 Å². The maximum Gasteiger partial charge on any atom is 0.161 e. The zero-order valence-corrected chi connectivity index (χ0v) is 16.3. The molecule has 1 N–H and O–H groups in total. The first-order valence-corrected chi connectivity index (χ1v) is 9.85. The van der Waals surface area contributed by atoms with Crippen LogP contribution in [-0.2, 0) is 0 Å². The summed E-state index contributed by atoms with van der Waals surface area (Å²) in [4.78, 5) is 2.36. The fourth-order valence-corrected chi connectivity index (χ4v) is 3.11. The van der Waals surface area contributed by atoms with Crippen LogP contribution in [0.2, 0.25) is 0 Å². The summed E-state index contributed by atoms with van der Waals surface area (Å²) in [7, 11) is 0. The summed E-state index contributed by atoms with van der Waals surface area (Å²) < 4.78 is 11.5. The summed E-state index contributed by atoms with van der Waals surface area (Å²) in [5.74, 6) is 2.41. The summed E-state index contributed by atoms with van der Waals surface area (Å²) in [6, 6.07) is 8.23. The topological polar surface area (TPSA) is 41.9 Å². The summed E-state index contributed by atoms with van der Waals surface area (Å²) in [6.07, 6.45) is 5.33. The van der Waals surface area contributed by atoms with Crippen LogP contribution in [0.4, 0.5) is 0 Å². The number of piperidine rings is 1. The van der Waals surface area contributed by atoms with E-state index in [9.17, 15) is 5.11 Å². The molecule has 4 nitrogen and oxygen atoms in total. The lowest BCUT2D eigenvalue weighted by Gasteiger charge is -2.34. The van der Waals surface area contributed by atoms with E-state index in [1.165, 1.54) is 19.3 Å². The normalized spacial score (nSPS) is 19.4. The molecule has 0 spiro atoms. The van der Waals surface area contributed by atoms with Crippen molar-refractivity contribution in [3.63, 3.8) is 0 Å². The van der Waals surface area contributed by atoms with Crippen molar-refractivity contribution in [2.45, 2.75) is 38.3 Å². The number of thioether (sulfide) groups is 1. The van der Waals surface area contributed by atoms with Crippen LogP contribution < -0.4 is 9.47 Å². The molecule has 1 saturated heterocycles. The number of aliphatic hydroxyl groups is 1. The average molecular weight is 376 g/mol.